The quantitative estimate of drug-likeness (QED) is 0.852. The van der Waals surface area contributed by atoms with Gasteiger partial charge in [-0.15, -0.1) is 0 Å². The highest BCUT2D eigenvalue weighted by Crippen LogP contribution is 2.24. The number of rotatable bonds is 5. The van der Waals surface area contributed by atoms with Crippen molar-refractivity contribution in [3.8, 4) is 0 Å². The molecule has 2 rings (SSSR count). The Bertz CT molecular complexity index is 668. The molecule has 6 nitrogen and oxygen atoms in total. The summed E-state index contributed by atoms with van der Waals surface area (Å²) in [7, 11) is 1.35. The molecule has 1 N–H and O–H groups in total. The zero-order chi connectivity index (χ0) is 16.2. The van der Waals surface area contributed by atoms with E-state index in [1.54, 1.807) is 18.5 Å². The van der Waals surface area contributed by atoms with Gasteiger partial charge in [0.05, 0.1) is 13.3 Å². The molecule has 2 aromatic rings. The number of hydrogen-bond donors (Lipinski definition) is 1. The molecule has 2 heterocycles. The van der Waals surface area contributed by atoms with Crippen LogP contribution in [-0.4, -0.2) is 29.6 Å². The van der Waals surface area contributed by atoms with E-state index in [1.165, 1.54) is 18.4 Å². The van der Waals surface area contributed by atoms with E-state index in [9.17, 15) is 4.79 Å². The largest absolute Gasteiger partial charge is 0.468 e. The van der Waals surface area contributed by atoms with E-state index in [2.05, 4.69) is 40.8 Å². The van der Waals surface area contributed by atoms with E-state index in [0.717, 1.165) is 10.6 Å². The third-order valence-electron chi connectivity index (χ3n) is 2.79. The number of thiazole rings is 1. The van der Waals surface area contributed by atoms with E-state index >= 15 is 0 Å². The second-order valence-corrected chi connectivity index (χ2v) is 6.71. The Labute approximate surface area is 133 Å². The lowest BCUT2D eigenvalue weighted by molar-refractivity contribution is -0.138. The van der Waals surface area contributed by atoms with Gasteiger partial charge in [0.2, 0.25) is 5.89 Å². The normalized spacial score (nSPS) is 11.8. The van der Waals surface area contributed by atoms with Gasteiger partial charge in [-0.05, 0) is 6.08 Å². The minimum Gasteiger partial charge on any atom is -0.468 e. The summed E-state index contributed by atoms with van der Waals surface area (Å²) in [5, 5.41) is 3.56. The number of carbonyl (C=O) groups excluding carboxylic acids is 1. The second-order valence-electron chi connectivity index (χ2n) is 5.64. The third kappa shape index (κ3) is 4.42. The van der Waals surface area contributed by atoms with Crippen LogP contribution >= 0.6 is 11.3 Å². The molecule has 22 heavy (non-hydrogen) atoms. The zero-order valence-electron chi connectivity index (χ0n) is 13.0. The molecule has 0 amide bonds. The van der Waals surface area contributed by atoms with Crippen molar-refractivity contribution >= 4 is 34.6 Å². The average Bonchev–Trinajstić information content (AvgIpc) is 3.11. The van der Waals surface area contributed by atoms with Crippen LogP contribution in [0.4, 0.5) is 5.13 Å². The van der Waals surface area contributed by atoms with Crippen molar-refractivity contribution in [1.29, 1.82) is 0 Å². The standard InChI is InChI=1S/C15H19N3O3S/c1-15(2,3)11-8-16-12(21-11)6-5-10-7-17-14(22-10)18-9-13(19)20-4/h5-8H,9H2,1-4H3,(H,17,18). The van der Waals surface area contributed by atoms with Crippen LogP contribution in [0.2, 0.25) is 0 Å². The van der Waals surface area contributed by atoms with Gasteiger partial charge in [0.1, 0.15) is 12.3 Å². The van der Waals surface area contributed by atoms with Crippen molar-refractivity contribution in [1.82, 2.24) is 9.97 Å². The fraction of sp³-hybridized carbons (Fsp3) is 0.400. The van der Waals surface area contributed by atoms with E-state index in [4.69, 9.17) is 4.42 Å². The molecule has 0 spiro atoms. The number of methoxy groups -OCH3 is 1. The molecule has 7 heteroatoms. The second kappa shape index (κ2) is 6.74. The first-order valence-corrected chi connectivity index (χ1v) is 7.61. The van der Waals surface area contributed by atoms with Gasteiger partial charge in [-0.3, -0.25) is 4.79 Å². The number of aromatic nitrogens is 2. The Hall–Kier alpha value is -2.15. The highest BCUT2D eigenvalue weighted by Gasteiger charge is 2.18. The molecule has 0 atom stereocenters. The molecule has 0 saturated heterocycles. The highest BCUT2D eigenvalue weighted by atomic mass is 32.1. The SMILES string of the molecule is COC(=O)CNc1ncc(C=Cc2ncc(C(C)(C)C)o2)s1. The maximum atomic E-state index is 11.0. The van der Waals surface area contributed by atoms with Gasteiger partial charge in [-0.1, -0.05) is 32.1 Å². The van der Waals surface area contributed by atoms with E-state index in [1.807, 2.05) is 6.08 Å². The van der Waals surface area contributed by atoms with E-state index in [-0.39, 0.29) is 17.9 Å². The van der Waals surface area contributed by atoms with Crippen molar-refractivity contribution in [2.75, 3.05) is 19.0 Å². The van der Waals surface area contributed by atoms with Crippen LogP contribution in [0.15, 0.2) is 16.8 Å². The van der Waals surface area contributed by atoms with Crippen molar-refractivity contribution in [3.05, 3.63) is 28.9 Å². The van der Waals surface area contributed by atoms with Gasteiger partial charge in [0.15, 0.2) is 5.13 Å². The number of nitrogens with zero attached hydrogens (tertiary/aromatic N) is 2. The van der Waals surface area contributed by atoms with Crippen molar-refractivity contribution in [2.45, 2.75) is 26.2 Å². The Morgan fingerprint density at radius 1 is 1.36 bits per heavy atom. The monoisotopic (exact) mass is 321 g/mol. The predicted octanol–water partition coefficient (Wildman–Crippen LogP) is 3.18. The lowest BCUT2D eigenvalue weighted by Crippen LogP contribution is -2.14. The first-order valence-electron chi connectivity index (χ1n) is 6.79. The van der Waals surface area contributed by atoms with Gasteiger partial charge < -0.3 is 14.5 Å². The van der Waals surface area contributed by atoms with Crippen LogP contribution in [0.3, 0.4) is 0 Å². The molecule has 0 saturated carbocycles. The number of anilines is 1. The molecule has 0 radical (unpaired) electrons. The Morgan fingerprint density at radius 3 is 2.77 bits per heavy atom. The van der Waals surface area contributed by atoms with Crippen LogP contribution < -0.4 is 5.32 Å². The van der Waals surface area contributed by atoms with Crippen LogP contribution in [0.25, 0.3) is 12.2 Å². The fourth-order valence-electron chi connectivity index (χ4n) is 1.53. The van der Waals surface area contributed by atoms with Gasteiger partial charge >= 0.3 is 5.97 Å². The Balaban J connectivity index is 1.97. The summed E-state index contributed by atoms with van der Waals surface area (Å²) in [4.78, 5) is 20.4. The summed E-state index contributed by atoms with van der Waals surface area (Å²) in [6.45, 7) is 6.32. The molecular formula is C15H19N3O3S. The molecule has 0 fully saturated rings. The van der Waals surface area contributed by atoms with Gasteiger partial charge in [-0.2, -0.15) is 0 Å². The number of ether oxygens (including phenoxy) is 1. The molecule has 0 aromatic carbocycles. The van der Waals surface area contributed by atoms with Crippen molar-refractivity contribution < 1.29 is 13.9 Å². The molecule has 0 unspecified atom stereocenters. The van der Waals surface area contributed by atoms with Crippen LogP contribution in [0.5, 0.6) is 0 Å². The van der Waals surface area contributed by atoms with Gasteiger partial charge in [0.25, 0.3) is 0 Å². The summed E-state index contributed by atoms with van der Waals surface area (Å²) in [6.07, 6.45) is 7.14. The van der Waals surface area contributed by atoms with Gasteiger partial charge in [-0.25, -0.2) is 9.97 Å². The summed E-state index contributed by atoms with van der Waals surface area (Å²) in [5.74, 6) is 1.07. The summed E-state index contributed by atoms with van der Waals surface area (Å²) in [5.41, 5.74) is -0.0610. The lowest BCUT2D eigenvalue weighted by atomic mass is 9.94. The summed E-state index contributed by atoms with van der Waals surface area (Å²) in [6, 6.07) is 0. The third-order valence-corrected chi connectivity index (χ3v) is 3.71. The molecule has 118 valence electrons. The van der Waals surface area contributed by atoms with Crippen LogP contribution in [0, 0.1) is 0 Å². The minimum atomic E-state index is -0.332. The number of oxazole rings is 1. The van der Waals surface area contributed by atoms with E-state index in [0.29, 0.717) is 11.0 Å². The van der Waals surface area contributed by atoms with Crippen molar-refractivity contribution in [2.24, 2.45) is 0 Å². The smallest absolute Gasteiger partial charge is 0.325 e. The Kier molecular flexibility index (Phi) is 4.97. The Morgan fingerprint density at radius 2 is 2.14 bits per heavy atom. The zero-order valence-corrected chi connectivity index (χ0v) is 13.9. The molecule has 0 aliphatic heterocycles. The van der Waals surface area contributed by atoms with E-state index < -0.39 is 0 Å². The van der Waals surface area contributed by atoms with Crippen LogP contribution in [0.1, 0.15) is 37.3 Å². The number of hydrogen-bond acceptors (Lipinski definition) is 7. The maximum Gasteiger partial charge on any atom is 0.325 e. The number of esters is 1. The maximum absolute atomic E-state index is 11.0. The highest BCUT2D eigenvalue weighted by molar-refractivity contribution is 7.16. The summed E-state index contributed by atoms with van der Waals surface area (Å²) >= 11 is 1.43. The molecule has 0 aliphatic rings. The fourth-order valence-corrected chi connectivity index (χ4v) is 2.24. The molecule has 0 bridgehead atoms. The van der Waals surface area contributed by atoms with Crippen LogP contribution in [-0.2, 0) is 14.9 Å². The molecule has 2 aromatic heterocycles. The number of carbonyl (C=O) groups is 1. The predicted molar refractivity (Wildman–Crippen MR) is 86.8 cm³/mol. The lowest BCUT2D eigenvalue weighted by Gasteiger charge is -2.12. The molecular weight excluding hydrogens is 302 g/mol. The first kappa shape index (κ1) is 16.2. The van der Waals surface area contributed by atoms with Crippen molar-refractivity contribution in [3.63, 3.8) is 0 Å². The summed E-state index contributed by atoms with van der Waals surface area (Å²) < 4.78 is 10.2. The topological polar surface area (TPSA) is 77.2 Å². The average molecular weight is 321 g/mol. The molecule has 0 aliphatic carbocycles. The number of nitrogens with one attached hydrogen (secondary N) is 1. The first-order chi connectivity index (χ1) is 10.4. The van der Waals surface area contributed by atoms with Gasteiger partial charge in [0, 0.05) is 22.6 Å². The minimum absolute atomic E-state index is 0.0610.